The second-order valence-corrected chi connectivity index (χ2v) is 6.94. The number of hydrogen-bond acceptors (Lipinski definition) is 4. The van der Waals surface area contributed by atoms with E-state index in [2.05, 4.69) is 18.7 Å². The number of hydrogen-bond donors (Lipinski definition) is 0. The van der Waals surface area contributed by atoms with Crippen molar-refractivity contribution in [3.05, 3.63) is 64.5 Å². The first-order chi connectivity index (χ1) is 12.1. The van der Waals surface area contributed by atoms with Crippen molar-refractivity contribution in [2.24, 2.45) is 5.92 Å². The van der Waals surface area contributed by atoms with Crippen molar-refractivity contribution in [1.82, 2.24) is 4.90 Å². The molecule has 0 amide bonds. The molecule has 0 radical (unpaired) electrons. The van der Waals surface area contributed by atoms with E-state index in [4.69, 9.17) is 9.15 Å². The van der Waals surface area contributed by atoms with E-state index < -0.39 is 0 Å². The van der Waals surface area contributed by atoms with Gasteiger partial charge in [-0.05, 0) is 23.6 Å². The molecule has 4 heteroatoms. The molecule has 128 valence electrons. The van der Waals surface area contributed by atoms with Gasteiger partial charge in [-0.3, -0.25) is 9.69 Å². The molecule has 2 aromatic carbocycles. The number of ether oxygens (including phenoxy) is 1. The Hall–Kier alpha value is -2.59. The predicted molar refractivity (Wildman–Crippen MR) is 98.7 cm³/mol. The van der Waals surface area contributed by atoms with E-state index in [0.29, 0.717) is 29.2 Å². The average Bonchev–Trinajstić information content (AvgIpc) is 2.62. The van der Waals surface area contributed by atoms with E-state index in [-0.39, 0.29) is 5.43 Å². The van der Waals surface area contributed by atoms with Crippen LogP contribution < -0.4 is 10.2 Å². The summed E-state index contributed by atoms with van der Waals surface area (Å²) in [6.07, 6.45) is 1.57. The molecule has 3 aromatic rings. The molecule has 25 heavy (non-hydrogen) atoms. The van der Waals surface area contributed by atoms with Crippen LogP contribution in [-0.4, -0.2) is 18.2 Å². The number of rotatable bonds is 3. The Balaban J connectivity index is 1.82. The Morgan fingerprint density at radius 2 is 1.92 bits per heavy atom. The zero-order valence-corrected chi connectivity index (χ0v) is 14.5. The molecule has 1 aliphatic rings. The smallest absolute Gasteiger partial charge is 0.200 e. The Bertz CT molecular complexity index is 960. The molecular formula is C21H21NO3. The third-order valence-corrected chi connectivity index (χ3v) is 4.49. The molecular weight excluding hydrogens is 314 g/mol. The van der Waals surface area contributed by atoms with Crippen molar-refractivity contribution < 1.29 is 9.15 Å². The molecule has 0 saturated carbocycles. The van der Waals surface area contributed by atoms with Gasteiger partial charge in [0.25, 0.3) is 0 Å². The molecule has 2 heterocycles. The highest BCUT2D eigenvalue weighted by molar-refractivity contribution is 5.85. The maximum atomic E-state index is 13.0. The van der Waals surface area contributed by atoms with Crippen LogP contribution in [0.4, 0.5) is 0 Å². The van der Waals surface area contributed by atoms with E-state index >= 15 is 0 Å². The van der Waals surface area contributed by atoms with Gasteiger partial charge in [-0.15, -0.1) is 0 Å². The van der Waals surface area contributed by atoms with E-state index in [1.54, 1.807) is 6.26 Å². The normalized spacial score (nSPS) is 14.5. The molecule has 0 atom stereocenters. The minimum atomic E-state index is -0.00349. The first kappa shape index (κ1) is 15.9. The van der Waals surface area contributed by atoms with Crippen LogP contribution in [0.5, 0.6) is 5.75 Å². The van der Waals surface area contributed by atoms with E-state index in [1.807, 2.05) is 42.5 Å². The zero-order chi connectivity index (χ0) is 17.4. The molecule has 0 aliphatic carbocycles. The summed E-state index contributed by atoms with van der Waals surface area (Å²) >= 11 is 0. The molecule has 0 saturated heterocycles. The standard InChI is InChI=1S/C21H21NO3/c1-14(2)10-22-11-17-19(25-13-22)9-8-16-20(23)18(12-24-21(16)17)15-6-4-3-5-7-15/h3-9,12,14H,10-11,13H2,1-2H3. The van der Waals surface area contributed by atoms with Gasteiger partial charge < -0.3 is 9.15 Å². The molecule has 1 aromatic heterocycles. The second kappa shape index (κ2) is 6.37. The van der Waals surface area contributed by atoms with Crippen LogP contribution in [0, 0.1) is 5.92 Å². The number of benzene rings is 2. The third kappa shape index (κ3) is 2.94. The Labute approximate surface area is 146 Å². The largest absolute Gasteiger partial charge is 0.478 e. The molecule has 4 nitrogen and oxygen atoms in total. The van der Waals surface area contributed by atoms with Crippen LogP contribution in [0.1, 0.15) is 19.4 Å². The predicted octanol–water partition coefficient (Wildman–Crippen LogP) is 4.27. The third-order valence-electron chi connectivity index (χ3n) is 4.49. The van der Waals surface area contributed by atoms with Crippen LogP contribution in [0.2, 0.25) is 0 Å². The minimum Gasteiger partial charge on any atom is -0.478 e. The van der Waals surface area contributed by atoms with Crippen LogP contribution in [-0.2, 0) is 6.54 Å². The highest BCUT2D eigenvalue weighted by Crippen LogP contribution is 2.32. The number of nitrogens with zero attached hydrogens (tertiary/aromatic N) is 1. The molecule has 4 rings (SSSR count). The van der Waals surface area contributed by atoms with Crippen molar-refractivity contribution in [3.8, 4) is 16.9 Å². The summed E-state index contributed by atoms with van der Waals surface area (Å²) < 4.78 is 11.8. The summed E-state index contributed by atoms with van der Waals surface area (Å²) in [5.74, 6) is 1.36. The minimum absolute atomic E-state index is 0.00349. The Kier molecular flexibility index (Phi) is 4.06. The molecule has 0 N–H and O–H groups in total. The van der Waals surface area contributed by atoms with Gasteiger partial charge in [-0.25, -0.2) is 0 Å². The first-order valence-corrected chi connectivity index (χ1v) is 8.61. The Morgan fingerprint density at radius 1 is 1.12 bits per heavy atom. The van der Waals surface area contributed by atoms with Gasteiger partial charge >= 0.3 is 0 Å². The van der Waals surface area contributed by atoms with Crippen molar-refractivity contribution in [2.75, 3.05) is 13.3 Å². The lowest BCUT2D eigenvalue weighted by Gasteiger charge is -2.30. The van der Waals surface area contributed by atoms with Crippen molar-refractivity contribution in [1.29, 1.82) is 0 Å². The zero-order valence-electron chi connectivity index (χ0n) is 14.5. The van der Waals surface area contributed by atoms with Crippen LogP contribution >= 0.6 is 0 Å². The lowest BCUT2D eigenvalue weighted by molar-refractivity contribution is 0.0848. The van der Waals surface area contributed by atoms with Gasteiger partial charge in [0, 0.05) is 13.1 Å². The van der Waals surface area contributed by atoms with Crippen molar-refractivity contribution in [2.45, 2.75) is 20.4 Å². The lowest BCUT2D eigenvalue weighted by atomic mass is 10.0. The lowest BCUT2D eigenvalue weighted by Crippen LogP contribution is -2.34. The van der Waals surface area contributed by atoms with Crippen LogP contribution in [0.15, 0.2) is 57.9 Å². The summed E-state index contributed by atoms with van der Waals surface area (Å²) in [5, 5.41) is 0.607. The maximum absolute atomic E-state index is 13.0. The highest BCUT2D eigenvalue weighted by Gasteiger charge is 2.23. The molecule has 1 aliphatic heterocycles. The quantitative estimate of drug-likeness (QED) is 0.717. The first-order valence-electron chi connectivity index (χ1n) is 8.61. The SMILES string of the molecule is CC(C)CN1COc2ccc3c(=O)c(-c4ccccc4)coc3c2C1. The van der Waals surface area contributed by atoms with Crippen molar-refractivity contribution in [3.63, 3.8) is 0 Å². The van der Waals surface area contributed by atoms with Gasteiger partial charge in [0.2, 0.25) is 5.43 Å². The van der Waals surface area contributed by atoms with Gasteiger partial charge in [0.1, 0.15) is 24.3 Å². The van der Waals surface area contributed by atoms with E-state index in [0.717, 1.165) is 30.0 Å². The topological polar surface area (TPSA) is 42.7 Å². The fourth-order valence-corrected chi connectivity index (χ4v) is 3.41. The molecule has 0 bridgehead atoms. The summed E-state index contributed by atoms with van der Waals surface area (Å²) in [5.41, 5.74) is 3.05. The molecule has 0 fully saturated rings. The van der Waals surface area contributed by atoms with Gasteiger partial charge in [0.15, 0.2) is 0 Å². The summed E-state index contributed by atoms with van der Waals surface area (Å²) in [6, 6.07) is 13.3. The van der Waals surface area contributed by atoms with E-state index in [1.165, 1.54) is 0 Å². The van der Waals surface area contributed by atoms with Crippen LogP contribution in [0.3, 0.4) is 0 Å². The monoisotopic (exact) mass is 335 g/mol. The van der Waals surface area contributed by atoms with Gasteiger partial charge in [-0.1, -0.05) is 44.2 Å². The summed E-state index contributed by atoms with van der Waals surface area (Å²) in [7, 11) is 0. The van der Waals surface area contributed by atoms with Crippen LogP contribution in [0.25, 0.3) is 22.1 Å². The van der Waals surface area contributed by atoms with Gasteiger partial charge in [-0.2, -0.15) is 0 Å². The number of fused-ring (bicyclic) bond motifs is 3. The summed E-state index contributed by atoms with van der Waals surface area (Å²) in [4.78, 5) is 15.2. The Morgan fingerprint density at radius 3 is 2.68 bits per heavy atom. The van der Waals surface area contributed by atoms with Crippen molar-refractivity contribution >= 4 is 11.0 Å². The van der Waals surface area contributed by atoms with Gasteiger partial charge in [0.05, 0.1) is 16.5 Å². The summed E-state index contributed by atoms with van der Waals surface area (Å²) in [6.45, 7) is 6.62. The fraction of sp³-hybridized carbons (Fsp3) is 0.286. The van der Waals surface area contributed by atoms with E-state index in [9.17, 15) is 4.79 Å². The second-order valence-electron chi connectivity index (χ2n) is 6.94. The fourth-order valence-electron chi connectivity index (χ4n) is 3.41. The average molecular weight is 335 g/mol. The molecule has 0 unspecified atom stereocenters. The highest BCUT2D eigenvalue weighted by atomic mass is 16.5. The molecule has 0 spiro atoms. The maximum Gasteiger partial charge on any atom is 0.200 e.